The maximum absolute atomic E-state index is 12.8. The summed E-state index contributed by atoms with van der Waals surface area (Å²) in [5.41, 5.74) is -2.46. The van der Waals surface area contributed by atoms with Gasteiger partial charge in [0.2, 0.25) is 5.72 Å². The Kier molecular flexibility index (Phi) is 3.89. The largest absolute Gasteiger partial charge is 0.444 e. The lowest BCUT2D eigenvalue weighted by Gasteiger charge is -2.34. The Morgan fingerprint density at radius 3 is 2.60 bits per heavy atom. The maximum Gasteiger partial charge on any atom is 0.436 e. The first-order valence-electron chi connectivity index (χ1n) is 6.12. The Labute approximate surface area is 113 Å². The first kappa shape index (κ1) is 14.6. The quantitative estimate of drug-likeness (QED) is 0.910. The lowest BCUT2D eigenvalue weighted by Crippen LogP contribution is -2.57. The highest BCUT2D eigenvalue weighted by molar-refractivity contribution is 5.69. The third-order valence-corrected chi connectivity index (χ3v) is 3.23. The number of hydrogen-bond donors (Lipinski definition) is 1. The first-order valence-corrected chi connectivity index (χ1v) is 6.12. The molecule has 1 aromatic carbocycles. The molecule has 4 nitrogen and oxygen atoms in total. The molecule has 1 N–H and O–H groups in total. The Balaban J connectivity index is 2.02. The zero-order chi connectivity index (χ0) is 14.8. The second-order valence-electron chi connectivity index (χ2n) is 4.61. The van der Waals surface area contributed by atoms with Crippen molar-refractivity contribution < 1.29 is 27.8 Å². The molecule has 20 heavy (non-hydrogen) atoms. The Morgan fingerprint density at radius 1 is 1.35 bits per heavy atom. The number of carbonyl (C=O) groups excluding carboxylic acids is 1. The van der Waals surface area contributed by atoms with E-state index in [9.17, 15) is 23.1 Å². The van der Waals surface area contributed by atoms with Crippen LogP contribution in [0.2, 0.25) is 0 Å². The summed E-state index contributed by atoms with van der Waals surface area (Å²) in [6.07, 6.45) is -6.51. The van der Waals surface area contributed by atoms with E-state index in [1.165, 1.54) is 0 Å². The molecule has 2 rings (SSSR count). The van der Waals surface area contributed by atoms with E-state index in [2.05, 4.69) is 0 Å². The topological polar surface area (TPSA) is 49.8 Å². The second-order valence-corrected chi connectivity index (χ2v) is 4.61. The predicted octanol–water partition coefficient (Wildman–Crippen LogP) is 2.67. The number of alkyl halides is 3. The van der Waals surface area contributed by atoms with Gasteiger partial charge < -0.3 is 9.84 Å². The summed E-state index contributed by atoms with van der Waals surface area (Å²) in [7, 11) is 0. The van der Waals surface area contributed by atoms with Gasteiger partial charge in [-0.15, -0.1) is 0 Å². The van der Waals surface area contributed by atoms with Gasteiger partial charge in [-0.25, -0.2) is 4.79 Å². The second kappa shape index (κ2) is 5.32. The minimum Gasteiger partial charge on any atom is -0.444 e. The molecule has 0 bridgehead atoms. The number of ether oxygens (including phenoxy) is 1. The van der Waals surface area contributed by atoms with E-state index in [0.29, 0.717) is 10.5 Å². The van der Waals surface area contributed by atoms with E-state index < -0.39 is 24.4 Å². The summed E-state index contributed by atoms with van der Waals surface area (Å²) in [6.45, 7) is -0.312. The maximum atomic E-state index is 12.8. The molecule has 1 heterocycles. The summed E-state index contributed by atoms with van der Waals surface area (Å²) in [5.74, 6) is 0. The van der Waals surface area contributed by atoms with Crippen LogP contribution in [0.25, 0.3) is 0 Å². The van der Waals surface area contributed by atoms with Crippen LogP contribution < -0.4 is 0 Å². The molecule has 1 fully saturated rings. The highest BCUT2D eigenvalue weighted by Crippen LogP contribution is 2.41. The molecule has 0 spiro atoms. The number of nitrogens with zero attached hydrogens (tertiary/aromatic N) is 1. The van der Waals surface area contributed by atoms with Gasteiger partial charge in [-0.3, -0.25) is 4.90 Å². The van der Waals surface area contributed by atoms with Gasteiger partial charge >= 0.3 is 12.3 Å². The molecule has 0 radical (unpaired) electrons. The van der Waals surface area contributed by atoms with E-state index in [1.54, 1.807) is 30.3 Å². The number of halogens is 3. The van der Waals surface area contributed by atoms with Crippen molar-refractivity contribution in [3.05, 3.63) is 35.9 Å². The van der Waals surface area contributed by atoms with Crippen molar-refractivity contribution >= 4 is 6.09 Å². The van der Waals surface area contributed by atoms with Gasteiger partial charge in [-0.05, 0) is 12.0 Å². The summed E-state index contributed by atoms with van der Waals surface area (Å²) in [5, 5.41) is 9.66. The van der Waals surface area contributed by atoms with Crippen LogP contribution in [-0.2, 0) is 11.3 Å². The van der Waals surface area contributed by atoms with Crippen molar-refractivity contribution in [1.82, 2.24) is 4.90 Å². The smallest absolute Gasteiger partial charge is 0.436 e. The van der Waals surface area contributed by atoms with Crippen molar-refractivity contribution in [3.8, 4) is 0 Å². The molecular formula is C13H14F3NO3. The van der Waals surface area contributed by atoms with E-state index >= 15 is 0 Å². The van der Waals surface area contributed by atoms with Crippen molar-refractivity contribution in [2.45, 2.75) is 31.3 Å². The van der Waals surface area contributed by atoms with Crippen molar-refractivity contribution in [1.29, 1.82) is 0 Å². The van der Waals surface area contributed by atoms with Gasteiger partial charge in [-0.2, -0.15) is 13.2 Å². The van der Waals surface area contributed by atoms with Crippen LogP contribution in [0.4, 0.5) is 18.0 Å². The van der Waals surface area contributed by atoms with Crippen LogP contribution >= 0.6 is 0 Å². The highest BCUT2D eigenvalue weighted by atomic mass is 19.4. The molecule has 110 valence electrons. The zero-order valence-electron chi connectivity index (χ0n) is 10.6. The van der Waals surface area contributed by atoms with Crippen LogP contribution in [-0.4, -0.2) is 34.5 Å². The molecule has 1 aliphatic heterocycles. The number of carbonyl (C=O) groups is 1. The third kappa shape index (κ3) is 2.72. The van der Waals surface area contributed by atoms with Gasteiger partial charge in [0.05, 0.1) is 0 Å². The molecule has 1 aromatic rings. The van der Waals surface area contributed by atoms with Gasteiger partial charge in [0.15, 0.2) is 0 Å². The summed E-state index contributed by atoms with van der Waals surface area (Å²) in [6, 6.07) is 8.60. The van der Waals surface area contributed by atoms with Crippen LogP contribution in [0.5, 0.6) is 0 Å². The average Bonchev–Trinajstić information content (AvgIpc) is 2.80. The molecule has 7 heteroatoms. The fraction of sp³-hybridized carbons (Fsp3) is 0.462. The molecule has 1 amide bonds. The fourth-order valence-electron chi connectivity index (χ4n) is 2.14. The van der Waals surface area contributed by atoms with Crippen molar-refractivity contribution in [2.75, 3.05) is 6.54 Å². The lowest BCUT2D eigenvalue weighted by molar-refractivity contribution is -0.297. The SMILES string of the molecule is O=C(OCc1ccccc1)N1CCCC1(O)C(F)(F)F. The number of benzene rings is 1. The Hall–Kier alpha value is -1.76. The average molecular weight is 289 g/mol. The number of likely N-dealkylation sites (tertiary alicyclic amines) is 1. The molecule has 1 unspecified atom stereocenters. The highest BCUT2D eigenvalue weighted by Gasteiger charge is 2.61. The van der Waals surface area contributed by atoms with Gasteiger partial charge in [0, 0.05) is 13.0 Å². The molecule has 0 aliphatic carbocycles. The summed E-state index contributed by atoms with van der Waals surface area (Å²) < 4.78 is 43.3. The summed E-state index contributed by atoms with van der Waals surface area (Å²) in [4.78, 5) is 12.1. The molecule has 1 atom stereocenters. The minimum absolute atomic E-state index is 0.0798. The van der Waals surface area contributed by atoms with E-state index in [1.807, 2.05) is 0 Å². The van der Waals surface area contributed by atoms with Crippen LogP contribution in [0, 0.1) is 0 Å². The predicted molar refractivity (Wildman–Crippen MR) is 63.6 cm³/mol. The van der Waals surface area contributed by atoms with Crippen LogP contribution in [0.3, 0.4) is 0 Å². The van der Waals surface area contributed by atoms with Gasteiger partial charge in [0.25, 0.3) is 0 Å². The zero-order valence-corrected chi connectivity index (χ0v) is 10.6. The number of aliphatic hydroxyl groups is 1. The van der Waals surface area contributed by atoms with E-state index in [0.717, 1.165) is 0 Å². The molecule has 1 aliphatic rings. The molecular weight excluding hydrogens is 275 g/mol. The van der Waals surface area contributed by atoms with Crippen LogP contribution in [0.1, 0.15) is 18.4 Å². The number of rotatable bonds is 2. The van der Waals surface area contributed by atoms with Gasteiger partial charge in [-0.1, -0.05) is 30.3 Å². The van der Waals surface area contributed by atoms with Gasteiger partial charge in [0.1, 0.15) is 6.61 Å². The Bertz CT molecular complexity index is 477. The Morgan fingerprint density at radius 2 is 2.00 bits per heavy atom. The van der Waals surface area contributed by atoms with Crippen LogP contribution in [0.15, 0.2) is 30.3 Å². The standard InChI is InChI=1S/C13H14F3NO3/c14-13(15,16)12(19)7-4-8-17(12)11(18)20-9-10-5-2-1-3-6-10/h1-3,5-6,19H,4,7-9H2. The first-order chi connectivity index (χ1) is 9.34. The van der Waals surface area contributed by atoms with E-state index in [-0.39, 0.29) is 19.6 Å². The minimum atomic E-state index is -4.89. The number of hydrogen-bond acceptors (Lipinski definition) is 3. The van der Waals surface area contributed by atoms with Crippen molar-refractivity contribution in [2.24, 2.45) is 0 Å². The third-order valence-electron chi connectivity index (χ3n) is 3.23. The molecule has 1 saturated heterocycles. The number of amides is 1. The monoisotopic (exact) mass is 289 g/mol. The van der Waals surface area contributed by atoms with Crippen molar-refractivity contribution in [3.63, 3.8) is 0 Å². The van der Waals surface area contributed by atoms with E-state index in [4.69, 9.17) is 4.74 Å². The molecule has 0 aromatic heterocycles. The summed E-state index contributed by atoms with van der Waals surface area (Å²) >= 11 is 0. The normalized spacial score (nSPS) is 22.9. The molecule has 0 saturated carbocycles. The lowest BCUT2D eigenvalue weighted by atomic mass is 10.1. The fourth-order valence-corrected chi connectivity index (χ4v) is 2.14.